The first kappa shape index (κ1) is 17.0. The summed E-state index contributed by atoms with van der Waals surface area (Å²) in [4.78, 5) is 23.9. The number of hydrogen-bond acceptors (Lipinski definition) is 5. The van der Waals surface area contributed by atoms with E-state index in [1.165, 1.54) is 12.8 Å². The van der Waals surface area contributed by atoms with Gasteiger partial charge >= 0.3 is 0 Å². The molecule has 1 aliphatic heterocycles. The van der Waals surface area contributed by atoms with Gasteiger partial charge in [-0.1, -0.05) is 6.92 Å². The van der Waals surface area contributed by atoms with E-state index in [-0.39, 0.29) is 11.9 Å². The molecule has 1 unspecified atom stereocenters. The molecule has 2 aromatic heterocycles. The molecule has 26 heavy (non-hydrogen) atoms. The molecule has 0 bridgehead atoms. The fourth-order valence-corrected chi connectivity index (χ4v) is 3.55. The Morgan fingerprint density at radius 2 is 2.19 bits per heavy atom. The van der Waals surface area contributed by atoms with Gasteiger partial charge in [0.1, 0.15) is 0 Å². The number of carbonyl (C=O) groups excluding carboxylic acids is 1. The van der Waals surface area contributed by atoms with E-state index >= 15 is 0 Å². The lowest BCUT2D eigenvalue weighted by atomic mass is 10.2. The van der Waals surface area contributed by atoms with E-state index in [0.29, 0.717) is 11.5 Å². The fraction of sp³-hybridized carbons (Fsp3) is 0.579. The third-order valence-electron chi connectivity index (χ3n) is 5.25. The van der Waals surface area contributed by atoms with Crippen molar-refractivity contribution < 1.29 is 4.79 Å². The summed E-state index contributed by atoms with van der Waals surface area (Å²) in [7, 11) is 0. The highest BCUT2D eigenvalue weighted by Crippen LogP contribution is 2.39. The fourth-order valence-electron chi connectivity index (χ4n) is 3.55. The number of amides is 1. The molecule has 0 spiro atoms. The number of nitrogens with one attached hydrogen (secondary N) is 1. The lowest BCUT2D eigenvalue weighted by molar-refractivity contribution is 0.0939. The predicted octanol–water partition coefficient (Wildman–Crippen LogP) is 2.28. The Labute approximate surface area is 153 Å². The minimum Gasteiger partial charge on any atom is -0.347 e. The second-order valence-electron chi connectivity index (χ2n) is 7.33. The number of nitrogens with zero attached hydrogens (tertiary/aromatic N) is 5. The second kappa shape index (κ2) is 7.05. The Hall–Kier alpha value is -2.44. The molecule has 1 saturated carbocycles. The topological polar surface area (TPSA) is 75.9 Å². The first-order chi connectivity index (χ1) is 12.7. The zero-order chi connectivity index (χ0) is 18.1. The maximum Gasteiger partial charge on any atom is 0.255 e. The molecule has 4 rings (SSSR count). The largest absolute Gasteiger partial charge is 0.347 e. The van der Waals surface area contributed by atoms with Crippen LogP contribution in [0.1, 0.15) is 60.3 Å². The number of aromatic nitrogens is 4. The van der Waals surface area contributed by atoms with Crippen molar-refractivity contribution in [2.75, 3.05) is 18.0 Å². The molecule has 3 heterocycles. The monoisotopic (exact) mass is 354 g/mol. The number of carbonyl (C=O) groups is 1. The van der Waals surface area contributed by atoms with Gasteiger partial charge < -0.3 is 10.2 Å². The molecular weight excluding hydrogens is 328 g/mol. The van der Waals surface area contributed by atoms with Crippen LogP contribution >= 0.6 is 0 Å². The van der Waals surface area contributed by atoms with Gasteiger partial charge in [-0.25, -0.2) is 9.97 Å². The molecule has 0 radical (unpaired) electrons. The number of hydrogen-bond donors (Lipinski definition) is 1. The van der Waals surface area contributed by atoms with Crippen molar-refractivity contribution in [2.24, 2.45) is 0 Å². The van der Waals surface area contributed by atoms with Crippen molar-refractivity contribution in [3.63, 3.8) is 0 Å². The van der Waals surface area contributed by atoms with Crippen LogP contribution in [0.15, 0.2) is 18.5 Å². The third-order valence-corrected chi connectivity index (χ3v) is 5.25. The summed E-state index contributed by atoms with van der Waals surface area (Å²) in [6, 6.07) is 2.14. The van der Waals surface area contributed by atoms with E-state index in [0.717, 1.165) is 49.8 Å². The van der Waals surface area contributed by atoms with Gasteiger partial charge in [-0.3, -0.25) is 9.48 Å². The van der Waals surface area contributed by atoms with Gasteiger partial charge in [0.05, 0.1) is 11.8 Å². The van der Waals surface area contributed by atoms with E-state index in [1.54, 1.807) is 6.20 Å². The normalized spacial score (nSPS) is 19.8. The van der Waals surface area contributed by atoms with Crippen molar-refractivity contribution in [1.82, 2.24) is 25.1 Å². The molecule has 138 valence electrons. The highest BCUT2D eigenvalue weighted by atomic mass is 16.1. The van der Waals surface area contributed by atoms with Crippen molar-refractivity contribution in [3.8, 4) is 0 Å². The molecule has 1 N–H and O–H groups in total. The van der Waals surface area contributed by atoms with E-state index in [1.807, 2.05) is 23.9 Å². The van der Waals surface area contributed by atoms with Crippen molar-refractivity contribution in [3.05, 3.63) is 35.4 Å². The Kier molecular flexibility index (Phi) is 4.61. The van der Waals surface area contributed by atoms with Crippen LogP contribution in [0.2, 0.25) is 0 Å². The number of aryl methyl sites for hydroxylation is 1. The Morgan fingerprint density at radius 1 is 1.35 bits per heavy atom. The van der Waals surface area contributed by atoms with Crippen molar-refractivity contribution >= 4 is 11.9 Å². The molecule has 2 fully saturated rings. The minimum atomic E-state index is -0.0376. The smallest absolute Gasteiger partial charge is 0.255 e. The van der Waals surface area contributed by atoms with Gasteiger partial charge in [0, 0.05) is 49.2 Å². The Balaban J connectivity index is 1.38. The van der Waals surface area contributed by atoms with Crippen molar-refractivity contribution in [2.45, 2.75) is 58.0 Å². The van der Waals surface area contributed by atoms with Crippen LogP contribution in [0.5, 0.6) is 0 Å². The molecule has 1 atom stereocenters. The maximum atomic E-state index is 12.6. The van der Waals surface area contributed by atoms with Crippen LogP contribution in [0.25, 0.3) is 0 Å². The van der Waals surface area contributed by atoms with Crippen LogP contribution in [0.3, 0.4) is 0 Å². The lowest BCUT2D eigenvalue weighted by Gasteiger charge is -2.17. The van der Waals surface area contributed by atoms with Gasteiger partial charge in [-0.05, 0) is 38.7 Å². The van der Waals surface area contributed by atoms with Gasteiger partial charge in [-0.2, -0.15) is 5.10 Å². The van der Waals surface area contributed by atoms with Gasteiger partial charge in [0.15, 0.2) is 0 Å². The summed E-state index contributed by atoms with van der Waals surface area (Å²) in [5, 5.41) is 7.47. The molecule has 2 aromatic rings. The SMILES string of the molecule is CCCn1ncc(C(=O)NC2CCN(c3nccc(C4CC4)n3)C2)c1C. The van der Waals surface area contributed by atoms with E-state index in [9.17, 15) is 4.79 Å². The maximum absolute atomic E-state index is 12.6. The highest BCUT2D eigenvalue weighted by Gasteiger charge is 2.29. The average Bonchev–Trinajstić information content (AvgIpc) is 3.30. The molecule has 1 saturated heterocycles. The summed E-state index contributed by atoms with van der Waals surface area (Å²) < 4.78 is 1.90. The molecule has 0 aromatic carbocycles. The van der Waals surface area contributed by atoms with E-state index < -0.39 is 0 Å². The van der Waals surface area contributed by atoms with Crippen LogP contribution in [0, 0.1) is 6.92 Å². The molecule has 7 nitrogen and oxygen atoms in total. The average molecular weight is 354 g/mol. The van der Waals surface area contributed by atoms with Crippen molar-refractivity contribution in [1.29, 1.82) is 0 Å². The zero-order valence-electron chi connectivity index (χ0n) is 15.5. The van der Waals surface area contributed by atoms with Crippen LogP contribution in [0.4, 0.5) is 5.95 Å². The zero-order valence-corrected chi connectivity index (χ0v) is 15.5. The molecular formula is C19H26N6O. The van der Waals surface area contributed by atoms with Gasteiger partial charge in [0.25, 0.3) is 5.91 Å². The van der Waals surface area contributed by atoms with E-state index in [2.05, 4.69) is 27.2 Å². The summed E-state index contributed by atoms with van der Waals surface area (Å²) >= 11 is 0. The summed E-state index contributed by atoms with van der Waals surface area (Å²) in [6.45, 7) is 6.52. The first-order valence-corrected chi connectivity index (χ1v) is 9.57. The molecule has 7 heteroatoms. The Bertz CT molecular complexity index is 797. The quantitative estimate of drug-likeness (QED) is 0.861. The lowest BCUT2D eigenvalue weighted by Crippen LogP contribution is -2.37. The summed E-state index contributed by atoms with van der Waals surface area (Å²) in [6.07, 6.45) is 7.91. The molecule has 2 aliphatic rings. The van der Waals surface area contributed by atoms with E-state index in [4.69, 9.17) is 4.98 Å². The standard InChI is InChI=1S/C19H26N6O/c1-3-9-25-13(2)16(11-21-25)18(26)22-15-7-10-24(12-15)19-20-8-6-17(23-19)14-4-5-14/h6,8,11,14-15H,3-5,7,9-10,12H2,1-2H3,(H,22,26). The number of rotatable bonds is 6. The van der Waals surface area contributed by atoms with Gasteiger partial charge in [-0.15, -0.1) is 0 Å². The molecule has 1 aliphatic carbocycles. The first-order valence-electron chi connectivity index (χ1n) is 9.57. The molecule has 1 amide bonds. The Morgan fingerprint density at radius 3 is 2.96 bits per heavy atom. The third kappa shape index (κ3) is 3.43. The number of anilines is 1. The second-order valence-corrected chi connectivity index (χ2v) is 7.33. The minimum absolute atomic E-state index is 0.0376. The van der Waals surface area contributed by atoms with Gasteiger partial charge in [0.2, 0.25) is 5.95 Å². The van der Waals surface area contributed by atoms with Crippen LogP contribution < -0.4 is 10.2 Å². The predicted molar refractivity (Wildman–Crippen MR) is 99.3 cm³/mol. The van der Waals surface area contributed by atoms with Crippen LogP contribution in [-0.2, 0) is 6.54 Å². The summed E-state index contributed by atoms with van der Waals surface area (Å²) in [5.74, 6) is 1.37. The van der Waals surface area contributed by atoms with Crippen LogP contribution in [-0.4, -0.2) is 44.8 Å². The summed E-state index contributed by atoms with van der Waals surface area (Å²) in [5.41, 5.74) is 2.75. The highest BCUT2D eigenvalue weighted by molar-refractivity contribution is 5.95.